The van der Waals surface area contributed by atoms with Gasteiger partial charge in [0.25, 0.3) is 0 Å². The molecular weight excluding hydrogens is 268 g/mol. The van der Waals surface area contributed by atoms with Gasteiger partial charge < -0.3 is 10.6 Å². The molecule has 0 fully saturated rings. The van der Waals surface area contributed by atoms with E-state index in [2.05, 4.69) is 39.7 Å². The molecule has 0 saturated carbocycles. The zero-order chi connectivity index (χ0) is 14.5. The Morgan fingerprint density at radius 2 is 1.70 bits per heavy atom. The first-order valence-electron chi connectivity index (χ1n) is 6.49. The third-order valence-corrected chi connectivity index (χ3v) is 3.07. The Balaban J connectivity index is 1.99. The Kier molecular flexibility index (Phi) is 4.63. The Labute approximate surface area is 124 Å². The number of hydrogen-bond acceptors (Lipinski definition) is 3. The van der Waals surface area contributed by atoms with E-state index in [1.807, 2.05) is 38.1 Å². The monoisotopic (exact) mass is 286 g/mol. The molecule has 0 spiro atoms. The largest absolute Gasteiger partial charge is 0.356 e. The van der Waals surface area contributed by atoms with Crippen LogP contribution < -0.4 is 10.6 Å². The zero-order valence-corrected chi connectivity index (χ0v) is 12.7. The Bertz CT molecular complexity index is 578. The van der Waals surface area contributed by atoms with Crippen molar-refractivity contribution in [2.24, 2.45) is 0 Å². The summed E-state index contributed by atoms with van der Waals surface area (Å²) in [5, 5.41) is 6.77. The van der Waals surface area contributed by atoms with Crippen LogP contribution in [-0.4, -0.2) is 15.1 Å². The molecule has 1 heterocycles. The lowest BCUT2D eigenvalue weighted by atomic mass is 10.1. The van der Waals surface area contributed by atoms with E-state index in [-0.39, 0.29) is 6.04 Å². The molecule has 0 bridgehead atoms. The summed E-state index contributed by atoms with van der Waals surface area (Å²) in [7, 11) is 0. The van der Waals surface area contributed by atoms with Gasteiger partial charge >= 0.3 is 0 Å². The lowest BCUT2D eigenvalue weighted by molar-refractivity contribution is 0.722. The van der Waals surface area contributed by atoms with E-state index in [0.717, 1.165) is 11.4 Å². The van der Waals surface area contributed by atoms with Crippen molar-refractivity contribution < 1.29 is 0 Å². The average molecular weight is 286 g/mol. The van der Waals surface area contributed by atoms with Gasteiger partial charge in [-0.3, -0.25) is 0 Å². The summed E-state index contributed by atoms with van der Waals surface area (Å²) in [6.07, 6.45) is 0. The van der Waals surface area contributed by atoms with Crippen LogP contribution in [-0.2, 0) is 0 Å². The van der Waals surface area contributed by atoms with Crippen LogP contribution >= 0.6 is 12.2 Å². The third-order valence-electron chi connectivity index (χ3n) is 2.85. The molecule has 20 heavy (non-hydrogen) atoms. The molecule has 2 N–H and O–H groups in total. The van der Waals surface area contributed by atoms with Gasteiger partial charge in [0, 0.05) is 11.4 Å². The lowest BCUT2D eigenvalue weighted by Gasteiger charge is -2.16. The van der Waals surface area contributed by atoms with Gasteiger partial charge in [-0.15, -0.1) is 0 Å². The summed E-state index contributed by atoms with van der Waals surface area (Å²) < 4.78 is 0. The first-order valence-corrected chi connectivity index (χ1v) is 6.90. The van der Waals surface area contributed by atoms with Crippen molar-refractivity contribution >= 4 is 23.3 Å². The van der Waals surface area contributed by atoms with E-state index in [0.29, 0.717) is 11.1 Å². The minimum atomic E-state index is 0.127. The third kappa shape index (κ3) is 3.99. The highest BCUT2D eigenvalue weighted by Crippen LogP contribution is 2.11. The fourth-order valence-corrected chi connectivity index (χ4v) is 2.21. The van der Waals surface area contributed by atoms with Gasteiger partial charge in [-0.1, -0.05) is 30.3 Å². The highest BCUT2D eigenvalue weighted by molar-refractivity contribution is 7.80. The van der Waals surface area contributed by atoms with E-state index in [1.54, 1.807) is 0 Å². The predicted octanol–water partition coefficient (Wildman–Crippen LogP) is 3.14. The van der Waals surface area contributed by atoms with Crippen LogP contribution in [0.1, 0.15) is 29.9 Å². The van der Waals surface area contributed by atoms with Gasteiger partial charge in [-0.25, -0.2) is 9.97 Å². The second-order valence-electron chi connectivity index (χ2n) is 4.71. The number of nitrogens with one attached hydrogen (secondary N) is 2. The van der Waals surface area contributed by atoms with E-state index in [9.17, 15) is 0 Å². The molecule has 0 amide bonds. The Morgan fingerprint density at radius 1 is 1.10 bits per heavy atom. The van der Waals surface area contributed by atoms with E-state index in [1.165, 1.54) is 5.56 Å². The average Bonchev–Trinajstić information content (AvgIpc) is 2.38. The maximum absolute atomic E-state index is 5.30. The van der Waals surface area contributed by atoms with Crippen LogP contribution in [0.3, 0.4) is 0 Å². The number of anilines is 1. The fourth-order valence-electron chi connectivity index (χ4n) is 1.94. The SMILES string of the molecule is Cc1cc(C)nc(NC(=S)N[C@@H](C)c2ccccc2)n1. The summed E-state index contributed by atoms with van der Waals surface area (Å²) in [6.45, 7) is 5.93. The molecule has 104 valence electrons. The number of aromatic nitrogens is 2. The molecule has 1 aromatic heterocycles. The number of aryl methyl sites for hydroxylation is 2. The molecule has 2 rings (SSSR count). The van der Waals surface area contributed by atoms with Crippen molar-refractivity contribution in [1.29, 1.82) is 0 Å². The molecule has 1 aromatic carbocycles. The molecule has 0 unspecified atom stereocenters. The van der Waals surface area contributed by atoms with Gasteiger partial charge in [0.05, 0.1) is 6.04 Å². The van der Waals surface area contributed by atoms with Crippen LogP contribution in [0.2, 0.25) is 0 Å². The Morgan fingerprint density at radius 3 is 2.30 bits per heavy atom. The van der Waals surface area contributed by atoms with Crippen molar-refractivity contribution in [3.8, 4) is 0 Å². The van der Waals surface area contributed by atoms with Crippen molar-refractivity contribution in [2.75, 3.05) is 5.32 Å². The number of nitrogens with zero attached hydrogens (tertiary/aromatic N) is 2. The smallest absolute Gasteiger partial charge is 0.229 e. The molecule has 0 saturated heterocycles. The van der Waals surface area contributed by atoms with Crippen LogP contribution in [0.4, 0.5) is 5.95 Å². The van der Waals surface area contributed by atoms with Crippen molar-refractivity contribution in [1.82, 2.24) is 15.3 Å². The molecule has 0 aliphatic carbocycles. The van der Waals surface area contributed by atoms with Crippen LogP contribution in [0.25, 0.3) is 0 Å². The number of benzene rings is 1. The van der Waals surface area contributed by atoms with Crippen molar-refractivity contribution in [2.45, 2.75) is 26.8 Å². The summed E-state index contributed by atoms with van der Waals surface area (Å²) in [5.41, 5.74) is 3.01. The topological polar surface area (TPSA) is 49.8 Å². The number of hydrogen-bond donors (Lipinski definition) is 2. The Hall–Kier alpha value is -2.01. The predicted molar refractivity (Wildman–Crippen MR) is 85.7 cm³/mol. The molecule has 1 atom stereocenters. The van der Waals surface area contributed by atoms with Crippen molar-refractivity contribution in [3.05, 3.63) is 53.3 Å². The molecule has 0 aliphatic rings. The number of rotatable bonds is 3. The lowest BCUT2D eigenvalue weighted by Crippen LogP contribution is -2.31. The first-order chi connectivity index (χ1) is 9.54. The maximum atomic E-state index is 5.30. The van der Waals surface area contributed by atoms with Crippen LogP contribution in [0.5, 0.6) is 0 Å². The maximum Gasteiger partial charge on any atom is 0.229 e. The molecular formula is C15H18N4S. The summed E-state index contributed by atoms with van der Waals surface area (Å²) >= 11 is 5.30. The van der Waals surface area contributed by atoms with Gasteiger partial charge in [0.15, 0.2) is 5.11 Å². The molecule has 5 heteroatoms. The molecule has 4 nitrogen and oxygen atoms in total. The standard InChI is InChI=1S/C15H18N4S/c1-10-9-11(2)17-14(16-10)19-15(20)18-12(3)13-7-5-4-6-8-13/h4-9,12H,1-3H3,(H2,16,17,18,19,20)/t12-/m0/s1. The van der Waals surface area contributed by atoms with E-state index >= 15 is 0 Å². The quantitative estimate of drug-likeness (QED) is 0.849. The fraction of sp³-hybridized carbons (Fsp3) is 0.267. The minimum Gasteiger partial charge on any atom is -0.356 e. The molecule has 0 aliphatic heterocycles. The zero-order valence-electron chi connectivity index (χ0n) is 11.8. The highest BCUT2D eigenvalue weighted by Gasteiger charge is 2.07. The normalized spacial score (nSPS) is 11.8. The van der Waals surface area contributed by atoms with Gasteiger partial charge in [-0.2, -0.15) is 0 Å². The highest BCUT2D eigenvalue weighted by atomic mass is 32.1. The van der Waals surface area contributed by atoms with Gasteiger partial charge in [-0.05, 0) is 44.6 Å². The van der Waals surface area contributed by atoms with E-state index < -0.39 is 0 Å². The van der Waals surface area contributed by atoms with Crippen LogP contribution in [0, 0.1) is 13.8 Å². The second-order valence-corrected chi connectivity index (χ2v) is 5.11. The second kappa shape index (κ2) is 6.43. The van der Waals surface area contributed by atoms with Gasteiger partial charge in [0.1, 0.15) is 0 Å². The number of thiocarbonyl (C=S) groups is 1. The summed E-state index contributed by atoms with van der Waals surface area (Å²) in [6, 6.07) is 12.2. The summed E-state index contributed by atoms with van der Waals surface area (Å²) in [4.78, 5) is 8.61. The minimum absolute atomic E-state index is 0.127. The summed E-state index contributed by atoms with van der Waals surface area (Å²) in [5.74, 6) is 0.528. The van der Waals surface area contributed by atoms with Gasteiger partial charge in [0.2, 0.25) is 5.95 Å². The first kappa shape index (κ1) is 14.4. The molecule has 2 aromatic rings. The molecule has 0 radical (unpaired) electrons. The van der Waals surface area contributed by atoms with E-state index in [4.69, 9.17) is 12.2 Å². The van der Waals surface area contributed by atoms with Crippen LogP contribution in [0.15, 0.2) is 36.4 Å². The van der Waals surface area contributed by atoms with Crippen molar-refractivity contribution in [3.63, 3.8) is 0 Å².